The van der Waals surface area contributed by atoms with Gasteiger partial charge in [-0.25, -0.2) is 4.68 Å². The second-order valence-corrected chi connectivity index (χ2v) is 7.06. The number of hydrogen-bond donors (Lipinski definition) is 0. The monoisotopic (exact) mass is 377 g/mol. The highest BCUT2D eigenvalue weighted by Crippen LogP contribution is 2.31. The Morgan fingerprint density at radius 1 is 0.690 bits per heavy atom. The lowest BCUT2D eigenvalue weighted by molar-refractivity contribution is 0.669. The van der Waals surface area contributed by atoms with Crippen molar-refractivity contribution in [3.05, 3.63) is 96.1 Å². The first-order chi connectivity index (χ1) is 14.3. The normalized spacial score (nSPS) is 11.1. The van der Waals surface area contributed by atoms with Crippen molar-refractivity contribution in [2.45, 2.75) is 13.5 Å². The number of fused-ring (bicyclic) bond motifs is 1. The van der Waals surface area contributed by atoms with Crippen molar-refractivity contribution in [2.24, 2.45) is 0 Å². The van der Waals surface area contributed by atoms with E-state index in [-0.39, 0.29) is 0 Å². The van der Waals surface area contributed by atoms with Crippen molar-refractivity contribution in [1.82, 2.24) is 25.2 Å². The quantitative estimate of drug-likeness (QED) is 0.446. The molecule has 140 valence electrons. The molecule has 0 aliphatic rings. The van der Waals surface area contributed by atoms with E-state index in [9.17, 15) is 0 Å². The van der Waals surface area contributed by atoms with Gasteiger partial charge in [-0.15, -0.1) is 15.3 Å². The highest BCUT2D eigenvalue weighted by molar-refractivity contribution is 5.96. The molecule has 5 aromatic rings. The van der Waals surface area contributed by atoms with Crippen LogP contribution in [0.5, 0.6) is 0 Å². The third-order valence-corrected chi connectivity index (χ3v) is 4.94. The number of hydrogen-bond acceptors (Lipinski definition) is 4. The number of nitrogens with zero attached hydrogens (tertiary/aromatic N) is 5. The number of aromatic nitrogens is 5. The van der Waals surface area contributed by atoms with E-state index in [0.717, 1.165) is 33.5 Å². The van der Waals surface area contributed by atoms with Crippen LogP contribution in [0.1, 0.15) is 11.1 Å². The molecule has 0 aliphatic carbocycles. The van der Waals surface area contributed by atoms with Crippen LogP contribution in [0, 0.1) is 6.92 Å². The second kappa shape index (κ2) is 7.28. The van der Waals surface area contributed by atoms with Gasteiger partial charge in [0, 0.05) is 11.1 Å². The fourth-order valence-electron chi connectivity index (χ4n) is 3.58. The average Bonchev–Trinajstić information content (AvgIpc) is 3.18. The Morgan fingerprint density at radius 3 is 2.03 bits per heavy atom. The molecule has 5 rings (SSSR count). The smallest absolute Gasteiger partial charge is 0.143 e. The zero-order valence-electron chi connectivity index (χ0n) is 16.0. The van der Waals surface area contributed by atoms with Gasteiger partial charge in [-0.3, -0.25) is 0 Å². The Kier molecular flexibility index (Phi) is 4.33. The van der Waals surface area contributed by atoms with Crippen LogP contribution in [0.2, 0.25) is 0 Å². The first-order valence-electron chi connectivity index (χ1n) is 9.56. The minimum Gasteiger partial charge on any atom is -0.238 e. The van der Waals surface area contributed by atoms with Gasteiger partial charge < -0.3 is 0 Å². The Balaban J connectivity index is 1.73. The summed E-state index contributed by atoms with van der Waals surface area (Å²) in [6.07, 6.45) is 0. The molecule has 3 aromatic carbocycles. The summed E-state index contributed by atoms with van der Waals surface area (Å²) in [5, 5.41) is 18.1. The highest BCUT2D eigenvalue weighted by atomic mass is 15.4. The van der Waals surface area contributed by atoms with E-state index >= 15 is 0 Å². The summed E-state index contributed by atoms with van der Waals surface area (Å²) >= 11 is 0. The van der Waals surface area contributed by atoms with E-state index in [1.807, 2.05) is 65.3 Å². The van der Waals surface area contributed by atoms with Gasteiger partial charge in [-0.05, 0) is 12.5 Å². The molecule has 0 radical (unpaired) electrons. The first-order valence-corrected chi connectivity index (χ1v) is 9.56. The van der Waals surface area contributed by atoms with E-state index < -0.39 is 0 Å². The molecule has 0 saturated heterocycles. The molecule has 5 nitrogen and oxygen atoms in total. The van der Waals surface area contributed by atoms with E-state index in [0.29, 0.717) is 6.54 Å². The van der Waals surface area contributed by atoms with Crippen molar-refractivity contribution in [3.8, 4) is 22.5 Å². The molecular formula is C24H19N5. The molecule has 5 heteroatoms. The van der Waals surface area contributed by atoms with Crippen molar-refractivity contribution in [2.75, 3.05) is 0 Å². The third kappa shape index (κ3) is 3.27. The minimum atomic E-state index is 0.623. The zero-order chi connectivity index (χ0) is 19.6. The van der Waals surface area contributed by atoms with Crippen molar-refractivity contribution in [3.63, 3.8) is 0 Å². The summed E-state index contributed by atoms with van der Waals surface area (Å²) in [5.74, 6) is 0. The molecule has 0 amide bonds. The second-order valence-electron chi connectivity index (χ2n) is 7.06. The van der Waals surface area contributed by atoms with Crippen LogP contribution in [0.25, 0.3) is 33.5 Å². The van der Waals surface area contributed by atoms with Crippen LogP contribution in [-0.4, -0.2) is 25.2 Å². The van der Waals surface area contributed by atoms with Gasteiger partial charge in [0.15, 0.2) is 0 Å². The summed E-state index contributed by atoms with van der Waals surface area (Å²) in [7, 11) is 0. The molecule has 0 fully saturated rings. The van der Waals surface area contributed by atoms with E-state index in [4.69, 9.17) is 0 Å². The van der Waals surface area contributed by atoms with Crippen molar-refractivity contribution < 1.29 is 0 Å². The summed E-state index contributed by atoms with van der Waals surface area (Å²) in [6, 6.07) is 28.5. The topological polar surface area (TPSA) is 56.5 Å². The fourth-order valence-corrected chi connectivity index (χ4v) is 3.58. The maximum absolute atomic E-state index is 4.59. The first kappa shape index (κ1) is 17.3. The lowest BCUT2D eigenvalue weighted by Crippen LogP contribution is -2.04. The SMILES string of the molecule is Cc1cccc(Cn2nnc3c(-c4ccccc4)nnc(-c4ccccc4)c32)c1. The third-order valence-electron chi connectivity index (χ3n) is 4.94. The fraction of sp³-hybridized carbons (Fsp3) is 0.0833. The zero-order valence-corrected chi connectivity index (χ0v) is 16.0. The molecule has 0 atom stereocenters. The highest BCUT2D eigenvalue weighted by Gasteiger charge is 2.19. The molecule has 0 bridgehead atoms. The molecule has 0 unspecified atom stereocenters. The number of rotatable bonds is 4. The molecule has 0 aliphatic heterocycles. The number of aryl methyl sites for hydroxylation is 1. The lowest BCUT2D eigenvalue weighted by Gasteiger charge is -2.09. The van der Waals surface area contributed by atoms with E-state index in [2.05, 4.69) is 51.7 Å². The average molecular weight is 377 g/mol. The summed E-state index contributed by atoms with van der Waals surface area (Å²) in [6.45, 7) is 2.72. The molecule has 2 heterocycles. The minimum absolute atomic E-state index is 0.623. The predicted molar refractivity (Wildman–Crippen MR) is 114 cm³/mol. The van der Waals surface area contributed by atoms with Crippen molar-refractivity contribution in [1.29, 1.82) is 0 Å². The van der Waals surface area contributed by atoms with Crippen LogP contribution < -0.4 is 0 Å². The van der Waals surface area contributed by atoms with Crippen LogP contribution in [0.4, 0.5) is 0 Å². The van der Waals surface area contributed by atoms with Crippen LogP contribution in [0.3, 0.4) is 0 Å². The van der Waals surface area contributed by atoms with Gasteiger partial charge in [0.2, 0.25) is 0 Å². The molecular weight excluding hydrogens is 358 g/mol. The Morgan fingerprint density at radius 2 is 1.34 bits per heavy atom. The maximum atomic E-state index is 4.59. The van der Waals surface area contributed by atoms with Gasteiger partial charge in [-0.1, -0.05) is 95.7 Å². The van der Waals surface area contributed by atoms with Crippen LogP contribution in [0.15, 0.2) is 84.9 Å². The van der Waals surface area contributed by atoms with Gasteiger partial charge >= 0.3 is 0 Å². The van der Waals surface area contributed by atoms with E-state index in [1.54, 1.807) is 0 Å². The van der Waals surface area contributed by atoms with Gasteiger partial charge in [-0.2, -0.15) is 0 Å². The van der Waals surface area contributed by atoms with Gasteiger partial charge in [0.05, 0.1) is 6.54 Å². The predicted octanol–water partition coefficient (Wildman–Crippen LogP) is 4.91. The van der Waals surface area contributed by atoms with E-state index in [1.165, 1.54) is 11.1 Å². The van der Waals surface area contributed by atoms with Crippen LogP contribution >= 0.6 is 0 Å². The standard InChI is InChI=1S/C24H19N5/c1-17-9-8-10-18(15-17)16-29-24-22(20-13-6-3-7-14-20)26-25-21(23(24)27-28-29)19-11-4-2-5-12-19/h2-15H,16H2,1H3. The molecule has 0 saturated carbocycles. The van der Waals surface area contributed by atoms with Gasteiger partial charge in [0.25, 0.3) is 0 Å². The van der Waals surface area contributed by atoms with Crippen molar-refractivity contribution >= 4 is 11.0 Å². The number of benzene rings is 3. The van der Waals surface area contributed by atoms with Gasteiger partial charge in [0.1, 0.15) is 22.4 Å². The lowest BCUT2D eigenvalue weighted by atomic mass is 10.1. The molecule has 2 aromatic heterocycles. The maximum Gasteiger partial charge on any atom is 0.143 e. The summed E-state index contributed by atoms with van der Waals surface area (Å²) in [5.41, 5.74) is 7.57. The van der Waals surface area contributed by atoms with Crippen LogP contribution in [-0.2, 0) is 6.54 Å². The molecule has 29 heavy (non-hydrogen) atoms. The molecule has 0 N–H and O–H groups in total. The Bertz CT molecular complexity index is 1280. The Hall–Kier alpha value is -3.86. The molecule has 0 spiro atoms. The summed E-state index contributed by atoms with van der Waals surface area (Å²) < 4.78 is 1.92. The Labute approximate surface area is 168 Å². The summed E-state index contributed by atoms with van der Waals surface area (Å²) in [4.78, 5) is 0. The largest absolute Gasteiger partial charge is 0.238 e.